The number of aromatic nitrogens is 2. The number of thiazole rings is 1. The number of hydrogen-bond donors (Lipinski definition) is 1. The van der Waals surface area contributed by atoms with Crippen molar-refractivity contribution < 1.29 is 5.11 Å². The average molecular weight is 426 g/mol. The van der Waals surface area contributed by atoms with Gasteiger partial charge >= 0.3 is 0 Å². The number of aromatic hydroxyl groups is 1. The average Bonchev–Trinajstić information content (AvgIpc) is 3.18. The minimum atomic E-state index is -0.266. The van der Waals surface area contributed by atoms with Crippen LogP contribution >= 0.6 is 11.3 Å². The van der Waals surface area contributed by atoms with E-state index in [9.17, 15) is 9.90 Å². The largest absolute Gasteiger partial charge is 0.494 e. The first-order chi connectivity index (χ1) is 15.0. The fourth-order valence-electron chi connectivity index (χ4n) is 3.80. The maximum absolute atomic E-state index is 13.3. The number of pyridine rings is 1. The smallest absolute Gasteiger partial charge is 0.265 e. The zero-order valence-corrected chi connectivity index (χ0v) is 17.9. The molecular weight excluding hydrogens is 406 g/mol. The molecule has 31 heavy (non-hydrogen) atoms. The van der Waals surface area contributed by atoms with Gasteiger partial charge in [-0.25, -0.2) is 14.5 Å². The summed E-state index contributed by atoms with van der Waals surface area (Å²) < 4.78 is 2.40. The molecule has 2 aromatic heterocycles. The fourth-order valence-corrected chi connectivity index (χ4v) is 4.62. The molecule has 0 aliphatic heterocycles. The van der Waals surface area contributed by atoms with Crippen molar-refractivity contribution in [1.82, 2.24) is 9.55 Å². The van der Waals surface area contributed by atoms with Crippen LogP contribution in [0.2, 0.25) is 0 Å². The molecule has 5 nitrogen and oxygen atoms in total. The van der Waals surface area contributed by atoms with E-state index >= 15 is 0 Å². The van der Waals surface area contributed by atoms with Crippen LogP contribution in [0.3, 0.4) is 0 Å². The zero-order chi connectivity index (χ0) is 21.5. The van der Waals surface area contributed by atoms with Crippen LogP contribution in [0, 0.1) is 13.8 Å². The van der Waals surface area contributed by atoms with E-state index < -0.39 is 0 Å². The number of rotatable bonds is 3. The van der Waals surface area contributed by atoms with Gasteiger partial charge in [-0.15, -0.1) is 0 Å². The van der Waals surface area contributed by atoms with E-state index in [1.165, 1.54) is 15.9 Å². The van der Waals surface area contributed by atoms with Gasteiger partial charge in [0.2, 0.25) is 11.0 Å². The molecule has 0 spiro atoms. The Morgan fingerprint density at radius 2 is 1.74 bits per heavy atom. The zero-order valence-electron chi connectivity index (χ0n) is 17.0. The molecule has 0 saturated heterocycles. The van der Waals surface area contributed by atoms with Crippen molar-refractivity contribution >= 4 is 43.7 Å². The van der Waals surface area contributed by atoms with Crippen molar-refractivity contribution in [2.24, 2.45) is 4.99 Å². The number of aliphatic imine (C=N–C) groups is 1. The lowest BCUT2D eigenvalue weighted by Crippen LogP contribution is -2.21. The normalized spacial score (nSPS) is 11.7. The monoisotopic (exact) mass is 425 g/mol. The maximum atomic E-state index is 13.3. The van der Waals surface area contributed by atoms with Gasteiger partial charge in [-0.2, -0.15) is 0 Å². The standard InChI is InChI=1S/C25H19N3O2S/c1-15-11-12-21(16(2)13-15)28-23(29)18-8-4-3-7-17(18)19(24(28)30)14-26-25-27-20-9-5-6-10-22(20)31-25/h3-14,30H,1-2H3/b26-14+. The van der Waals surface area contributed by atoms with Gasteiger partial charge in [-0.05, 0) is 43.7 Å². The van der Waals surface area contributed by atoms with Gasteiger partial charge in [0.15, 0.2) is 0 Å². The van der Waals surface area contributed by atoms with Crippen LogP contribution in [0.5, 0.6) is 5.88 Å². The summed E-state index contributed by atoms with van der Waals surface area (Å²) in [5.74, 6) is -0.138. The van der Waals surface area contributed by atoms with Gasteiger partial charge in [0.25, 0.3) is 5.56 Å². The SMILES string of the molecule is Cc1ccc(-n2c(O)c(/C=N/c3nc4ccccc4s3)c3ccccc3c2=O)c(C)c1. The van der Waals surface area contributed by atoms with E-state index in [0.29, 0.717) is 27.2 Å². The lowest BCUT2D eigenvalue weighted by Gasteiger charge is -2.15. The van der Waals surface area contributed by atoms with Crippen molar-refractivity contribution in [2.75, 3.05) is 0 Å². The Labute approximate surface area is 182 Å². The van der Waals surface area contributed by atoms with E-state index in [4.69, 9.17) is 0 Å². The number of nitrogens with zero attached hydrogens (tertiary/aromatic N) is 3. The molecule has 0 bridgehead atoms. The molecule has 5 rings (SSSR count). The number of para-hydroxylation sites is 1. The molecule has 0 amide bonds. The molecule has 0 aliphatic carbocycles. The number of benzene rings is 3. The summed E-state index contributed by atoms with van der Waals surface area (Å²) in [7, 11) is 0. The van der Waals surface area contributed by atoms with Gasteiger partial charge in [-0.3, -0.25) is 4.79 Å². The number of fused-ring (bicyclic) bond motifs is 2. The van der Waals surface area contributed by atoms with Crippen LogP contribution in [0.4, 0.5) is 5.13 Å². The van der Waals surface area contributed by atoms with Crippen molar-refractivity contribution in [1.29, 1.82) is 0 Å². The summed E-state index contributed by atoms with van der Waals surface area (Å²) in [4.78, 5) is 22.3. The van der Waals surface area contributed by atoms with Crippen LogP contribution < -0.4 is 5.56 Å². The highest BCUT2D eigenvalue weighted by molar-refractivity contribution is 7.22. The molecule has 0 atom stereocenters. The minimum Gasteiger partial charge on any atom is -0.494 e. The number of aryl methyl sites for hydroxylation is 2. The number of hydrogen-bond acceptors (Lipinski definition) is 5. The molecule has 0 unspecified atom stereocenters. The molecular formula is C25H19N3O2S. The van der Waals surface area contributed by atoms with Gasteiger partial charge in [0.05, 0.1) is 21.5 Å². The lowest BCUT2D eigenvalue weighted by atomic mass is 10.1. The van der Waals surface area contributed by atoms with Crippen molar-refractivity contribution in [3.05, 3.63) is 93.8 Å². The third-order valence-electron chi connectivity index (χ3n) is 5.28. The summed E-state index contributed by atoms with van der Waals surface area (Å²) >= 11 is 1.48. The van der Waals surface area contributed by atoms with Crippen molar-refractivity contribution in [3.8, 4) is 11.6 Å². The van der Waals surface area contributed by atoms with Crippen LogP contribution in [0.1, 0.15) is 16.7 Å². The highest BCUT2D eigenvalue weighted by Gasteiger charge is 2.17. The van der Waals surface area contributed by atoms with Crippen molar-refractivity contribution in [3.63, 3.8) is 0 Å². The summed E-state index contributed by atoms with van der Waals surface area (Å²) in [6, 6.07) is 20.9. The van der Waals surface area contributed by atoms with Crippen LogP contribution in [0.25, 0.3) is 26.7 Å². The second-order valence-corrected chi connectivity index (χ2v) is 8.44. The molecule has 152 valence electrons. The maximum Gasteiger partial charge on any atom is 0.265 e. The van der Waals surface area contributed by atoms with Crippen LogP contribution in [-0.4, -0.2) is 20.9 Å². The fraction of sp³-hybridized carbons (Fsp3) is 0.0800. The van der Waals surface area contributed by atoms with Crippen LogP contribution in [-0.2, 0) is 0 Å². The second-order valence-electron chi connectivity index (χ2n) is 7.44. The Kier molecular flexibility index (Phi) is 4.64. The molecule has 0 fully saturated rings. The first-order valence-corrected chi connectivity index (χ1v) is 10.7. The molecule has 5 aromatic rings. The van der Waals surface area contributed by atoms with E-state index in [1.54, 1.807) is 12.3 Å². The second kappa shape index (κ2) is 7.49. The molecule has 1 N–H and O–H groups in total. The Morgan fingerprint density at radius 1 is 1.00 bits per heavy atom. The van der Waals surface area contributed by atoms with Gasteiger partial charge < -0.3 is 5.11 Å². The molecule has 0 saturated carbocycles. The Balaban J connectivity index is 1.74. The van der Waals surface area contributed by atoms with Gasteiger partial charge in [0.1, 0.15) is 0 Å². The molecule has 0 radical (unpaired) electrons. The Hall–Kier alpha value is -3.77. The first kappa shape index (κ1) is 19.2. The molecule has 2 heterocycles. The third-order valence-corrected chi connectivity index (χ3v) is 6.23. The third kappa shape index (κ3) is 3.31. The summed E-state index contributed by atoms with van der Waals surface area (Å²) in [6.45, 7) is 3.92. The van der Waals surface area contributed by atoms with E-state index in [0.717, 1.165) is 21.3 Å². The highest BCUT2D eigenvalue weighted by Crippen LogP contribution is 2.30. The predicted octanol–water partition coefficient (Wildman–Crippen LogP) is 5.67. The predicted molar refractivity (Wildman–Crippen MR) is 128 cm³/mol. The van der Waals surface area contributed by atoms with E-state index in [-0.39, 0.29) is 11.4 Å². The topological polar surface area (TPSA) is 67.5 Å². The Morgan fingerprint density at radius 3 is 2.52 bits per heavy atom. The van der Waals surface area contributed by atoms with Gasteiger partial charge in [-0.1, -0.05) is 59.4 Å². The molecule has 3 aromatic carbocycles. The first-order valence-electron chi connectivity index (χ1n) is 9.87. The van der Waals surface area contributed by atoms with E-state index in [2.05, 4.69) is 9.98 Å². The van der Waals surface area contributed by atoms with Crippen LogP contribution in [0.15, 0.2) is 76.5 Å². The highest BCUT2D eigenvalue weighted by atomic mass is 32.1. The van der Waals surface area contributed by atoms with Gasteiger partial charge in [0, 0.05) is 17.0 Å². The summed E-state index contributed by atoms with van der Waals surface area (Å²) in [5, 5.41) is 12.9. The molecule has 6 heteroatoms. The van der Waals surface area contributed by atoms with E-state index in [1.807, 2.05) is 74.5 Å². The van der Waals surface area contributed by atoms with Crippen molar-refractivity contribution in [2.45, 2.75) is 13.8 Å². The quantitative estimate of drug-likeness (QED) is 0.379. The molecule has 0 aliphatic rings. The lowest BCUT2D eigenvalue weighted by molar-refractivity contribution is 0.436. The summed E-state index contributed by atoms with van der Waals surface area (Å²) in [6.07, 6.45) is 1.59. The Bertz CT molecular complexity index is 1510. The minimum absolute atomic E-state index is 0.138. The summed E-state index contributed by atoms with van der Waals surface area (Å²) in [5.41, 5.74) is 3.74.